The van der Waals surface area contributed by atoms with Crippen molar-refractivity contribution in [2.45, 2.75) is 17.9 Å². The number of fused-ring (bicyclic) bond motifs is 2. The van der Waals surface area contributed by atoms with Gasteiger partial charge >= 0.3 is 5.92 Å². The van der Waals surface area contributed by atoms with Gasteiger partial charge in [-0.3, -0.25) is 10.1 Å². The maximum absolute atomic E-state index is 14.4. The number of amidine groups is 1. The first-order valence-corrected chi connectivity index (χ1v) is 6.13. The second-order valence-electron chi connectivity index (χ2n) is 4.84. The van der Waals surface area contributed by atoms with Crippen molar-refractivity contribution in [3.63, 3.8) is 0 Å². The number of nitrogens with zero attached hydrogens (tertiary/aromatic N) is 2. The molecule has 2 aliphatic rings. The minimum absolute atomic E-state index is 0.0111. The Morgan fingerprint density at radius 3 is 2.86 bits per heavy atom. The lowest BCUT2D eigenvalue weighted by Gasteiger charge is -2.42. The molecule has 9 heteroatoms. The van der Waals surface area contributed by atoms with E-state index in [1.165, 1.54) is 12.1 Å². The lowest BCUT2D eigenvalue weighted by molar-refractivity contribution is -0.385. The van der Waals surface area contributed by atoms with Gasteiger partial charge in [-0.2, -0.15) is 8.78 Å². The fourth-order valence-electron chi connectivity index (χ4n) is 2.61. The van der Waals surface area contributed by atoms with Gasteiger partial charge in [0.1, 0.15) is 5.75 Å². The van der Waals surface area contributed by atoms with E-state index in [9.17, 15) is 18.9 Å². The van der Waals surface area contributed by atoms with E-state index in [1.807, 2.05) is 0 Å². The highest BCUT2D eigenvalue weighted by Crippen LogP contribution is 2.51. The van der Waals surface area contributed by atoms with Crippen LogP contribution in [0.4, 0.5) is 14.5 Å². The monoisotopic (exact) mass is 299 g/mol. The third-order valence-corrected chi connectivity index (χ3v) is 3.65. The van der Waals surface area contributed by atoms with Crippen LogP contribution in [0.3, 0.4) is 0 Å². The number of non-ortho nitro benzene ring substituents is 1. The van der Waals surface area contributed by atoms with Crippen molar-refractivity contribution in [3.05, 3.63) is 33.9 Å². The zero-order valence-corrected chi connectivity index (χ0v) is 10.7. The Morgan fingerprint density at radius 1 is 1.38 bits per heavy atom. The number of alkyl halides is 2. The van der Waals surface area contributed by atoms with Crippen LogP contribution < -0.4 is 10.5 Å². The number of hydrogen-bond donors (Lipinski definition) is 1. The van der Waals surface area contributed by atoms with Crippen LogP contribution in [-0.2, 0) is 10.3 Å². The molecule has 2 heterocycles. The molecule has 21 heavy (non-hydrogen) atoms. The Labute approximate surface area is 117 Å². The maximum atomic E-state index is 14.4. The Morgan fingerprint density at radius 2 is 2.14 bits per heavy atom. The van der Waals surface area contributed by atoms with Gasteiger partial charge in [0.05, 0.1) is 11.5 Å². The first-order chi connectivity index (χ1) is 9.86. The summed E-state index contributed by atoms with van der Waals surface area (Å²) in [6.07, 6.45) is -0.141. The normalized spacial score (nSPS) is 26.3. The molecule has 0 aromatic heterocycles. The van der Waals surface area contributed by atoms with E-state index >= 15 is 0 Å². The summed E-state index contributed by atoms with van der Waals surface area (Å²) in [7, 11) is 0. The predicted molar refractivity (Wildman–Crippen MR) is 67.4 cm³/mol. The van der Waals surface area contributed by atoms with Crippen LogP contribution in [0, 0.1) is 10.1 Å². The molecule has 0 unspecified atom stereocenters. The average Bonchev–Trinajstić information content (AvgIpc) is 2.43. The van der Waals surface area contributed by atoms with Crippen LogP contribution in [0.2, 0.25) is 0 Å². The summed E-state index contributed by atoms with van der Waals surface area (Å²) in [6.45, 7) is -0.915. The standard InChI is InChI=1S/C12H11F2N3O4/c13-12(14)6-21-10(15)16-11(12)3-4-20-9-2-1-7(17(18)19)5-8(9)11/h1-2,5H,3-4,6H2,(H2,15,16)/t11-/m1/s1. The van der Waals surface area contributed by atoms with E-state index in [1.54, 1.807) is 0 Å². The van der Waals surface area contributed by atoms with Gasteiger partial charge in [0.25, 0.3) is 11.7 Å². The maximum Gasteiger partial charge on any atom is 0.310 e. The zero-order valence-electron chi connectivity index (χ0n) is 10.7. The summed E-state index contributed by atoms with van der Waals surface area (Å²) in [6, 6.07) is 3.19. The molecule has 7 nitrogen and oxygen atoms in total. The molecular weight excluding hydrogens is 288 g/mol. The number of nitrogens with two attached hydrogens (primary N) is 1. The second-order valence-corrected chi connectivity index (χ2v) is 4.84. The van der Waals surface area contributed by atoms with Crippen molar-refractivity contribution in [3.8, 4) is 5.75 Å². The number of hydrogen-bond acceptors (Lipinski definition) is 6. The van der Waals surface area contributed by atoms with Gasteiger partial charge in [-0.15, -0.1) is 0 Å². The quantitative estimate of drug-likeness (QED) is 0.626. The van der Waals surface area contributed by atoms with Crippen LogP contribution in [0.5, 0.6) is 5.75 Å². The molecule has 1 aromatic rings. The fraction of sp³-hybridized carbons (Fsp3) is 0.417. The summed E-state index contributed by atoms with van der Waals surface area (Å²) >= 11 is 0. The van der Waals surface area contributed by atoms with E-state index < -0.39 is 23.0 Å². The smallest absolute Gasteiger partial charge is 0.310 e. The molecule has 1 spiro atoms. The summed E-state index contributed by atoms with van der Waals surface area (Å²) in [4.78, 5) is 14.0. The molecule has 0 saturated heterocycles. The van der Waals surface area contributed by atoms with Gasteiger partial charge in [0.2, 0.25) is 0 Å². The number of nitro groups is 1. The van der Waals surface area contributed by atoms with Crippen molar-refractivity contribution in [2.75, 3.05) is 13.2 Å². The number of rotatable bonds is 1. The van der Waals surface area contributed by atoms with Crippen LogP contribution >= 0.6 is 0 Å². The van der Waals surface area contributed by atoms with Gasteiger partial charge in [-0.05, 0) is 6.07 Å². The highest BCUT2D eigenvalue weighted by Gasteiger charge is 2.60. The van der Waals surface area contributed by atoms with Gasteiger partial charge in [0.15, 0.2) is 12.1 Å². The van der Waals surface area contributed by atoms with Gasteiger partial charge < -0.3 is 15.2 Å². The van der Waals surface area contributed by atoms with Crippen molar-refractivity contribution < 1.29 is 23.2 Å². The fourth-order valence-corrected chi connectivity index (χ4v) is 2.61. The summed E-state index contributed by atoms with van der Waals surface area (Å²) in [5.41, 5.74) is 3.09. The zero-order chi connectivity index (χ0) is 15.3. The van der Waals surface area contributed by atoms with E-state index in [0.717, 1.165) is 6.07 Å². The van der Waals surface area contributed by atoms with Crippen molar-refractivity contribution in [1.29, 1.82) is 0 Å². The number of nitro benzene ring substituents is 1. The van der Waals surface area contributed by atoms with Crippen molar-refractivity contribution in [1.82, 2.24) is 0 Å². The van der Waals surface area contributed by atoms with E-state index in [-0.39, 0.29) is 36.0 Å². The molecule has 2 aliphatic heterocycles. The molecule has 1 atom stereocenters. The van der Waals surface area contributed by atoms with Crippen LogP contribution in [0.15, 0.2) is 23.2 Å². The van der Waals surface area contributed by atoms with E-state index in [0.29, 0.717) is 0 Å². The third-order valence-electron chi connectivity index (χ3n) is 3.65. The number of ether oxygens (including phenoxy) is 2. The average molecular weight is 299 g/mol. The highest BCUT2D eigenvalue weighted by atomic mass is 19.3. The molecule has 2 N–H and O–H groups in total. The molecule has 112 valence electrons. The number of aliphatic imine (C=N–C) groups is 1. The van der Waals surface area contributed by atoms with E-state index in [2.05, 4.69) is 9.73 Å². The van der Waals surface area contributed by atoms with Gasteiger partial charge in [0, 0.05) is 24.1 Å². The minimum Gasteiger partial charge on any atom is -0.493 e. The van der Waals surface area contributed by atoms with Crippen molar-refractivity contribution in [2.24, 2.45) is 10.7 Å². The molecule has 0 fully saturated rings. The first-order valence-electron chi connectivity index (χ1n) is 6.13. The third kappa shape index (κ3) is 1.88. The van der Waals surface area contributed by atoms with Crippen LogP contribution in [0.1, 0.15) is 12.0 Å². The summed E-state index contributed by atoms with van der Waals surface area (Å²) < 4.78 is 38.8. The van der Waals surface area contributed by atoms with Crippen LogP contribution in [-0.4, -0.2) is 30.1 Å². The Bertz CT molecular complexity index is 649. The second kappa shape index (κ2) is 4.27. The topological polar surface area (TPSA) is 100.0 Å². The predicted octanol–water partition coefficient (Wildman–Crippen LogP) is 1.55. The summed E-state index contributed by atoms with van der Waals surface area (Å²) in [5, 5.41) is 10.9. The molecule has 3 rings (SSSR count). The lowest BCUT2D eigenvalue weighted by atomic mass is 9.79. The lowest BCUT2D eigenvalue weighted by Crippen LogP contribution is -2.54. The van der Waals surface area contributed by atoms with Crippen LogP contribution in [0.25, 0.3) is 0 Å². The molecular formula is C12H11F2N3O4. The Kier molecular flexibility index (Phi) is 2.75. The number of halogens is 2. The van der Waals surface area contributed by atoms with E-state index in [4.69, 9.17) is 10.5 Å². The van der Waals surface area contributed by atoms with Crippen molar-refractivity contribution >= 4 is 11.7 Å². The molecule has 1 aromatic carbocycles. The number of benzene rings is 1. The SMILES string of the molecule is NC1=N[C@@]2(CCOc3ccc([N+](=O)[O-])cc32)C(F)(F)CO1. The Hall–Kier alpha value is -2.45. The molecule has 0 aliphatic carbocycles. The summed E-state index contributed by atoms with van der Waals surface area (Å²) in [5.74, 6) is -3.20. The molecule has 0 amide bonds. The highest BCUT2D eigenvalue weighted by molar-refractivity contribution is 5.74. The largest absolute Gasteiger partial charge is 0.493 e. The first kappa shape index (κ1) is 13.5. The minimum atomic E-state index is -3.34. The van der Waals surface area contributed by atoms with Gasteiger partial charge in [-0.25, -0.2) is 4.99 Å². The Balaban J connectivity index is 2.25. The van der Waals surface area contributed by atoms with Gasteiger partial charge in [-0.1, -0.05) is 0 Å². The molecule has 0 radical (unpaired) electrons. The molecule has 0 saturated carbocycles. The molecule has 0 bridgehead atoms.